The molecule has 0 amide bonds. The molecule has 100 valence electrons. The standard InChI is InChI=1S/C14H22N2O2/c15-8-12-6-7-16(9-12)10-13(17)11-18-14-4-2-1-3-5-14/h1-5,12-13,17H,6-11,15H2. The molecular weight excluding hydrogens is 228 g/mol. The summed E-state index contributed by atoms with van der Waals surface area (Å²) in [6.45, 7) is 3.79. The first-order chi connectivity index (χ1) is 8.78. The van der Waals surface area contributed by atoms with Crippen LogP contribution in [0.15, 0.2) is 30.3 Å². The third kappa shape index (κ3) is 3.98. The van der Waals surface area contributed by atoms with Crippen molar-refractivity contribution in [2.24, 2.45) is 11.7 Å². The van der Waals surface area contributed by atoms with Gasteiger partial charge in [0, 0.05) is 13.1 Å². The van der Waals surface area contributed by atoms with Crippen LogP contribution in [0.1, 0.15) is 6.42 Å². The van der Waals surface area contributed by atoms with E-state index in [1.165, 1.54) is 0 Å². The fourth-order valence-electron chi connectivity index (χ4n) is 2.33. The number of aliphatic hydroxyl groups is 1. The Kier molecular flexibility index (Phi) is 4.99. The molecule has 1 saturated heterocycles. The zero-order valence-corrected chi connectivity index (χ0v) is 10.7. The molecule has 0 spiro atoms. The van der Waals surface area contributed by atoms with Crippen LogP contribution in [0, 0.1) is 5.92 Å². The maximum Gasteiger partial charge on any atom is 0.119 e. The van der Waals surface area contributed by atoms with E-state index in [9.17, 15) is 5.11 Å². The summed E-state index contributed by atoms with van der Waals surface area (Å²) in [4.78, 5) is 2.26. The second-order valence-electron chi connectivity index (χ2n) is 4.93. The highest BCUT2D eigenvalue weighted by Gasteiger charge is 2.23. The van der Waals surface area contributed by atoms with Crippen molar-refractivity contribution in [1.29, 1.82) is 0 Å². The second-order valence-corrected chi connectivity index (χ2v) is 4.93. The van der Waals surface area contributed by atoms with Crippen LogP contribution in [0.5, 0.6) is 5.75 Å². The number of nitrogens with two attached hydrogens (primary N) is 1. The molecule has 1 aromatic carbocycles. The number of hydrogen-bond donors (Lipinski definition) is 2. The summed E-state index contributed by atoms with van der Waals surface area (Å²) in [6, 6.07) is 9.59. The fraction of sp³-hybridized carbons (Fsp3) is 0.571. The summed E-state index contributed by atoms with van der Waals surface area (Å²) in [6.07, 6.45) is 0.699. The van der Waals surface area contributed by atoms with E-state index in [0.29, 0.717) is 19.1 Å². The first-order valence-electron chi connectivity index (χ1n) is 6.56. The van der Waals surface area contributed by atoms with Gasteiger partial charge in [0.15, 0.2) is 0 Å². The van der Waals surface area contributed by atoms with Crippen LogP contribution in [0.25, 0.3) is 0 Å². The average molecular weight is 250 g/mol. The smallest absolute Gasteiger partial charge is 0.119 e. The van der Waals surface area contributed by atoms with Gasteiger partial charge >= 0.3 is 0 Å². The van der Waals surface area contributed by atoms with Crippen molar-refractivity contribution in [3.05, 3.63) is 30.3 Å². The van der Waals surface area contributed by atoms with Crippen molar-refractivity contribution in [3.8, 4) is 5.75 Å². The second kappa shape index (κ2) is 6.73. The molecule has 2 unspecified atom stereocenters. The number of nitrogens with zero attached hydrogens (tertiary/aromatic N) is 1. The van der Waals surface area contributed by atoms with E-state index in [2.05, 4.69) is 4.90 Å². The Morgan fingerprint density at radius 3 is 2.83 bits per heavy atom. The van der Waals surface area contributed by atoms with E-state index in [0.717, 1.165) is 31.8 Å². The quantitative estimate of drug-likeness (QED) is 0.780. The molecule has 1 aliphatic rings. The van der Waals surface area contributed by atoms with Crippen LogP contribution in [0.2, 0.25) is 0 Å². The molecule has 0 radical (unpaired) electrons. The number of para-hydroxylation sites is 1. The zero-order valence-electron chi connectivity index (χ0n) is 10.7. The number of aliphatic hydroxyl groups excluding tert-OH is 1. The molecule has 3 N–H and O–H groups in total. The lowest BCUT2D eigenvalue weighted by atomic mass is 10.1. The summed E-state index contributed by atoms with van der Waals surface area (Å²) in [5.74, 6) is 1.39. The Morgan fingerprint density at radius 2 is 2.17 bits per heavy atom. The topological polar surface area (TPSA) is 58.7 Å². The number of rotatable bonds is 6. The van der Waals surface area contributed by atoms with Gasteiger partial charge in [0.2, 0.25) is 0 Å². The van der Waals surface area contributed by atoms with Crippen molar-refractivity contribution >= 4 is 0 Å². The summed E-state index contributed by atoms with van der Waals surface area (Å²) in [5, 5.41) is 9.93. The van der Waals surface area contributed by atoms with E-state index in [1.807, 2.05) is 30.3 Å². The van der Waals surface area contributed by atoms with Crippen molar-refractivity contribution in [2.45, 2.75) is 12.5 Å². The molecule has 2 rings (SSSR count). The first-order valence-corrected chi connectivity index (χ1v) is 6.56. The van der Waals surface area contributed by atoms with Gasteiger partial charge in [-0.15, -0.1) is 0 Å². The van der Waals surface area contributed by atoms with Crippen molar-refractivity contribution < 1.29 is 9.84 Å². The molecule has 1 fully saturated rings. The molecule has 4 heteroatoms. The monoisotopic (exact) mass is 250 g/mol. The van der Waals surface area contributed by atoms with Crippen LogP contribution in [0.3, 0.4) is 0 Å². The fourth-order valence-corrected chi connectivity index (χ4v) is 2.33. The van der Waals surface area contributed by atoms with Crippen LogP contribution < -0.4 is 10.5 Å². The lowest BCUT2D eigenvalue weighted by molar-refractivity contribution is 0.0748. The van der Waals surface area contributed by atoms with Crippen LogP contribution in [-0.2, 0) is 0 Å². The molecule has 4 nitrogen and oxygen atoms in total. The Hall–Kier alpha value is -1.10. The molecule has 18 heavy (non-hydrogen) atoms. The Labute approximate surface area is 108 Å². The van der Waals surface area contributed by atoms with Crippen molar-refractivity contribution in [3.63, 3.8) is 0 Å². The zero-order chi connectivity index (χ0) is 12.8. The van der Waals surface area contributed by atoms with E-state index in [1.54, 1.807) is 0 Å². The van der Waals surface area contributed by atoms with E-state index < -0.39 is 6.10 Å². The van der Waals surface area contributed by atoms with Gasteiger partial charge in [-0.25, -0.2) is 0 Å². The third-order valence-electron chi connectivity index (χ3n) is 3.36. The SMILES string of the molecule is NCC1CCN(CC(O)COc2ccccc2)C1. The summed E-state index contributed by atoms with van der Waals surface area (Å²) >= 11 is 0. The van der Waals surface area contributed by atoms with Gasteiger partial charge in [-0.3, -0.25) is 0 Å². The van der Waals surface area contributed by atoms with Gasteiger partial charge in [-0.05, 0) is 37.6 Å². The van der Waals surface area contributed by atoms with Crippen LogP contribution in [0.4, 0.5) is 0 Å². The molecule has 2 atom stereocenters. The molecule has 1 aliphatic heterocycles. The summed E-state index contributed by atoms with van der Waals surface area (Å²) in [7, 11) is 0. The lowest BCUT2D eigenvalue weighted by Gasteiger charge is -2.20. The lowest BCUT2D eigenvalue weighted by Crippen LogP contribution is -2.34. The minimum Gasteiger partial charge on any atom is -0.491 e. The molecule has 1 heterocycles. The maximum absolute atomic E-state index is 9.93. The average Bonchev–Trinajstić information content (AvgIpc) is 2.85. The molecule has 0 bridgehead atoms. The Morgan fingerprint density at radius 1 is 1.39 bits per heavy atom. The van der Waals surface area contributed by atoms with E-state index in [-0.39, 0.29) is 0 Å². The molecule has 1 aromatic rings. The summed E-state index contributed by atoms with van der Waals surface area (Å²) in [5.41, 5.74) is 5.65. The first kappa shape index (κ1) is 13.3. The maximum atomic E-state index is 9.93. The van der Waals surface area contributed by atoms with Crippen molar-refractivity contribution in [1.82, 2.24) is 4.90 Å². The van der Waals surface area contributed by atoms with E-state index >= 15 is 0 Å². The number of hydrogen-bond acceptors (Lipinski definition) is 4. The highest BCUT2D eigenvalue weighted by atomic mass is 16.5. The van der Waals surface area contributed by atoms with Gasteiger partial charge in [0.1, 0.15) is 18.5 Å². The number of likely N-dealkylation sites (tertiary alicyclic amines) is 1. The van der Waals surface area contributed by atoms with Gasteiger partial charge in [-0.1, -0.05) is 18.2 Å². The predicted octanol–water partition coefficient (Wildman–Crippen LogP) is 0.707. The van der Waals surface area contributed by atoms with Crippen LogP contribution >= 0.6 is 0 Å². The van der Waals surface area contributed by atoms with Gasteiger partial charge in [0.05, 0.1) is 0 Å². The minimum atomic E-state index is -0.443. The molecule has 0 aromatic heterocycles. The van der Waals surface area contributed by atoms with Crippen LogP contribution in [-0.4, -0.2) is 48.9 Å². The van der Waals surface area contributed by atoms with E-state index in [4.69, 9.17) is 10.5 Å². The highest BCUT2D eigenvalue weighted by Crippen LogP contribution is 2.15. The van der Waals surface area contributed by atoms with Gasteiger partial charge in [0.25, 0.3) is 0 Å². The molecule has 0 aliphatic carbocycles. The third-order valence-corrected chi connectivity index (χ3v) is 3.36. The van der Waals surface area contributed by atoms with Gasteiger partial charge < -0.3 is 20.5 Å². The Balaban J connectivity index is 1.68. The van der Waals surface area contributed by atoms with Gasteiger partial charge in [-0.2, -0.15) is 0 Å². The number of β-amino-alcohol motifs (C(OH)–C–C–N with tert-alkyl or cyclic N) is 1. The molecule has 0 saturated carbocycles. The normalized spacial score (nSPS) is 22.0. The number of ether oxygens (including phenoxy) is 1. The molecular formula is C14H22N2O2. The summed E-state index contributed by atoms with van der Waals surface area (Å²) < 4.78 is 5.53. The largest absolute Gasteiger partial charge is 0.491 e. The minimum absolute atomic E-state index is 0.341. The number of benzene rings is 1. The predicted molar refractivity (Wildman–Crippen MR) is 71.5 cm³/mol. The Bertz CT molecular complexity index is 345. The highest BCUT2D eigenvalue weighted by molar-refractivity contribution is 5.20. The van der Waals surface area contributed by atoms with Crippen molar-refractivity contribution in [2.75, 3.05) is 32.8 Å².